The molecule has 0 saturated heterocycles. The van der Waals surface area contributed by atoms with E-state index >= 15 is 0 Å². The molecule has 1 aromatic rings. The van der Waals surface area contributed by atoms with E-state index in [2.05, 4.69) is 0 Å². The van der Waals surface area contributed by atoms with Crippen molar-refractivity contribution in [3.05, 3.63) is 35.4 Å². The van der Waals surface area contributed by atoms with Crippen molar-refractivity contribution in [2.45, 2.75) is 13.8 Å². The normalized spacial score (nSPS) is 12.2. The molecule has 0 fully saturated rings. The maximum Gasteiger partial charge on any atom is 0.180 e. The fraction of sp³-hybridized carbons (Fsp3) is 0.333. The molecule has 0 amide bonds. The molecule has 0 saturated carbocycles. The van der Waals surface area contributed by atoms with Gasteiger partial charge in [-0.1, -0.05) is 13.8 Å². The molecule has 2 nitrogen and oxygen atoms in total. The zero-order valence-corrected chi connectivity index (χ0v) is 9.00. The molecule has 1 aromatic carbocycles. The minimum atomic E-state index is -1.08. The third-order valence-electron chi connectivity index (χ3n) is 2.29. The molecule has 1 atom stereocenters. The molecule has 0 heterocycles. The fourth-order valence-electron chi connectivity index (χ4n) is 1.34. The number of carbonyl (C=O) groups is 1. The fourth-order valence-corrected chi connectivity index (χ4v) is 1.34. The molecule has 84 valence electrons. The maximum atomic E-state index is 12.9. The van der Waals surface area contributed by atoms with Crippen molar-refractivity contribution in [2.24, 2.45) is 11.8 Å². The first-order valence-corrected chi connectivity index (χ1v) is 4.86. The Morgan fingerprint density at radius 3 is 2.38 bits per heavy atom. The average molecular weight is 223 g/mol. The SMILES string of the molecule is CC(C)C(C#N)C(=O)c1ccc(F)c(F)c1. The van der Waals surface area contributed by atoms with Gasteiger partial charge in [-0.2, -0.15) is 5.26 Å². The van der Waals surface area contributed by atoms with Crippen LogP contribution in [-0.4, -0.2) is 5.78 Å². The average Bonchev–Trinajstić information content (AvgIpc) is 2.22. The molecule has 1 rings (SSSR count). The molecule has 0 aliphatic rings. The van der Waals surface area contributed by atoms with Crippen molar-refractivity contribution in [3.8, 4) is 6.07 Å². The summed E-state index contributed by atoms with van der Waals surface area (Å²) in [5, 5.41) is 8.81. The van der Waals surface area contributed by atoms with E-state index in [-0.39, 0.29) is 11.5 Å². The van der Waals surface area contributed by atoms with Gasteiger partial charge in [0.1, 0.15) is 5.92 Å². The quantitative estimate of drug-likeness (QED) is 0.739. The summed E-state index contributed by atoms with van der Waals surface area (Å²) in [7, 11) is 0. The molecule has 0 radical (unpaired) electrons. The van der Waals surface area contributed by atoms with Crippen molar-refractivity contribution in [1.82, 2.24) is 0 Å². The Balaban J connectivity index is 3.06. The first-order chi connectivity index (χ1) is 7.47. The minimum absolute atomic E-state index is 0.0270. The molecule has 16 heavy (non-hydrogen) atoms. The highest BCUT2D eigenvalue weighted by molar-refractivity contribution is 5.99. The van der Waals surface area contributed by atoms with Crippen LogP contribution in [0.2, 0.25) is 0 Å². The van der Waals surface area contributed by atoms with Crippen LogP contribution >= 0.6 is 0 Å². The van der Waals surface area contributed by atoms with Gasteiger partial charge in [-0.25, -0.2) is 8.78 Å². The second-order valence-electron chi connectivity index (χ2n) is 3.84. The van der Waals surface area contributed by atoms with Gasteiger partial charge >= 0.3 is 0 Å². The number of Topliss-reactive ketones (excluding diaryl/α,β-unsaturated/α-hetero) is 1. The van der Waals surface area contributed by atoms with Crippen molar-refractivity contribution in [2.75, 3.05) is 0 Å². The van der Waals surface area contributed by atoms with Crippen LogP contribution in [0.5, 0.6) is 0 Å². The van der Waals surface area contributed by atoms with E-state index in [9.17, 15) is 13.6 Å². The summed E-state index contributed by atoms with van der Waals surface area (Å²) < 4.78 is 25.6. The van der Waals surface area contributed by atoms with E-state index in [1.807, 2.05) is 6.07 Å². The van der Waals surface area contributed by atoms with E-state index in [4.69, 9.17) is 5.26 Å². The number of benzene rings is 1. The lowest BCUT2D eigenvalue weighted by Crippen LogP contribution is -2.18. The van der Waals surface area contributed by atoms with Crippen molar-refractivity contribution in [3.63, 3.8) is 0 Å². The Kier molecular flexibility index (Phi) is 3.73. The number of halogens is 2. The highest BCUT2D eigenvalue weighted by atomic mass is 19.2. The number of nitriles is 1. The Hall–Kier alpha value is -1.76. The lowest BCUT2D eigenvalue weighted by molar-refractivity contribution is 0.0924. The Morgan fingerprint density at radius 2 is 1.94 bits per heavy atom. The van der Waals surface area contributed by atoms with Crippen molar-refractivity contribution in [1.29, 1.82) is 5.26 Å². The number of carbonyl (C=O) groups excluding carboxylic acids is 1. The first-order valence-electron chi connectivity index (χ1n) is 4.86. The molecule has 0 bridgehead atoms. The highest BCUT2D eigenvalue weighted by Crippen LogP contribution is 2.18. The lowest BCUT2D eigenvalue weighted by Gasteiger charge is -2.11. The summed E-state index contributed by atoms with van der Waals surface area (Å²) in [6, 6.07) is 4.77. The predicted molar refractivity (Wildman–Crippen MR) is 54.6 cm³/mol. The summed E-state index contributed by atoms with van der Waals surface area (Å²) in [5.74, 6) is -3.55. The van der Waals surface area contributed by atoms with Crippen LogP contribution in [0, 0.1) is 34.8 Å². The number of nitrogens with zero attached hydrogens (tertiary/aromatic N) is 1. The van der Waals surface area contributed by atoms with Crippen LogP contribution in [0.3, 0.4) is 0 Å². The van der Waals surface area contributed by atoms with E-state index in [0.29, 0.717) is 0 Å². The number of hydrogen-bond acceptors (Lipinski definition) is 2. The van der Waals surface area contributed by atoms with Gasteiger partial charge < -0.3 is 0 Å². The molecular formula is C12H11F2NO. The van der Waals surface area contributed by atoms with Crippen LogP contribution in [0.4, 0.5) is 8.78 Å². The largest absolute Gasteiger partial charge is 0.293 e. The first kappa shape index (κ1) is 12.3. The van der Waals surface area contributed by atoms with E-state index in [1.165, 1.54) is 6.07 Å². The third kappa shape index (κ3) is 2.43. The van der Waals surface area contributed by atoms with Crippen LogP contribution in [0.15, 0.2) is 18.2 Å². The predicted octanol–water partition coefficient (Wildman–Crippen LogP) is 2.94. The highest BCUT2D eigenvalue weighted by Gasteiger charge is 2.23. The molecule has 1 unspecified atom stereocenters. The molecule has 0 N–H and O–H groups in total. The molecule has 0 spiro atoms. The topological polar surface area (TPSA) is 40.9 Å². The summed E-state index contributed by atoms with van der Waals surface area (Å²) in [4.78, 5) is 11.8. The van der Waals surface area contributed by atoms with Crippen molar-refractivity contribution >= 4 is 5.78 Å². The van der Waals surface area contributed by atoms with Crippen LogP contribution in [-0.2, 0) is 0 Å². The van der Waals surface area contributed by atoms with E-state index < -0.39 is 23.3 Å². The van der Waals surface area contributed by atoms with Gasteiger partial charge in [-0.15, -0.1) is 0 Å². The Labute approximate surface area is 92.5 Å². The summed E-state index contributed by atoms with van der Waals surface area (Å²) in [5.41, 5.74) is 0.0270. The molecule has 0 aliphatic carbocycles. The summed E-state index contributed by atoms with van der Waals surface area (Å²) >= 11 is 0. The van der Waals surface area contributed by atoms with Gasteiger partial charge in [0.15, 0.2) is 17.4 Å². The summed E-state index contributed by atoms with van der Waals surface area (Å²) in [6.07, 6.45) is 0. The Bertz CT molecular complexity index is 449. The molecule has 0 aliphatic heterocycles. The zero-order valence-electron chi connectivity index (χ0n) is 9.00. The maximum absolute atomic E-state index is 12.9. The van der Waals surface area contributed by atoms with Gasteiger partial charge in [-0.3, -0.25) is 4.79 Å². The molecule has 0 aromatic heterocycles. The Morgan fingerprint density at radius 1 is 1.31 bits per heavy atom. The van der Waals surface area contributed by atoms with Gasteiger partial charge in [0.05, 0.1) is 6.07 Å². The van der Waals surface area contributed by atoms with Gasteiger partial charge in [-0.05, 0) is 24.1 Å². The van der Waals surface area contributed by atoms with Gasteiger partial charge in [0.2, 0.25) is 0 Å². The van der Waals surface area contributed by atoms with E-state index in [0.717, 1.165) is 12.1 Å². The standard InChI is InChI=1S/C12H11F2NO/c1-7(2)9(6-15)12(16)8-3-4-10(13)11(14)5-8/h3-5,7,9H,1-2H3. The minimum Gasteiger partial charge on any atom is -0.293 e. The number of ketones is 1. The number of rotatable bonds is 3. The van der Waals surface area contributed by atoms with Gasteiger partial charge in [0, 0.05) is 5.56 Å². The van der Waals surface area contributed by atoms with Crippen LogP contribution in [0.1, 0.15) is 24.2 Å². The monoisotopic (exact) mass is 223 g/mol. The van der Waals surface area contributed by atoms with Crippen LogP contribution < -0.4 is 0 Å². The third-order valence-corrected chi connectivity index (χ3v) is 2.29. The molecule has 4 heteroatoms. The molecular weight excluding hydrogens is 212 g/mol. The summed E-state index contributed by atoms with van der Waals surface area (Å²) in [6.45, 7) is 3.46. The smallest absolute Gasteiger partial charge is 0.180 e. The zero-order chi connectivity index (χ0) is 12.3. The lowest BCUT2D eigenvalue weighted by atomic mass is 9.89. The van der Waals surface area contributed by atoms with E-state index in [1.54, 1.807) is 13.8 Å². The van der Waals surface area contributed by atoms with Gasteiger partial charge in [0.25, 0.3) is 0 Å². The second kappa shape index (κ2) is 4.84. The van der Waals surface area contributed by atoms with Crippen LogP contribution in [0.25, 0.3) is 0 Å². The number of hydrogen-bond donors (Lipinski definition) is 0. The second-order valence-corrected chi connectivity index (χ2v) is 3.84. The van der Waals surface area contributed by atoms with Crippen molar-refractivity contribution < 1.29 is 13.6 Å².